The lowest BCUT2D eigenvalue weighted by Gasteiger charge is -2.29. The van der Waals surface area contributed by atoms with Crippen molar-refractivity contribution in [2.24, 2.45) is 5.92 Å². The topological polar surface area (TPSA) is 38.3 Å². The van der Waals surface area contributed by atoms with E-state index in [9.17, 15) is 4.79 Å². The minimum atomic E-state index is 0.157. The lowest BCUT2D eigenvalue weighted by molar-refractivity contribution is -0.115. The van der Waals surface area contributed by atoms with Gasteiger partial charge < -0.3 is 10.1 Å². The standard InChI is InChI=1S/C13H21NO2/c1-5-12(16-6-2)13(9(3)4)14-10-7-11(15)8-10/h5,7,9,13-14H,6,8H2,1-4H3/b12-5-/t13-/m1/s1. The molecule has 0 bridgehead atoms. The van der Waals surface area contributed by atoms with Crippen LogP contribution in [0.25, 0.3) is 0 Å². The Morgan fingerprint density at radius 2 is 2.25 bits per heavy atom. The molecule has 16 heavy (non-hydrogen) atoms. The van der Waals surface area contributed by atoms with Crippen LogP contribution < -0.4 is 5.32 Å². The maximum atomic E-state index is 10.9. The third-order valence-electron chi connectivity index (χ3n) is 2.61. The monoisotopic (exact) mass is 223 g/mol. The molecule has 3 nitrogen and oxygen atoms in total. The van der Waals surface area contributed by atoms with Gasteiger partial charge in [0, 0.05) is 11.8 Å². The van der Waals surface area contributed by atoms with Crippen LogP contribution in [0, 0.1) is 5.92 Å². The van der Waals surface area contributed by atoms with E-state index in [4.69, 9.17) is 4.74 Å². The van der Waals surface area contributed by atoms with Crippen LogP contribution in [-0.2, 0) is 9.53 Å². The molecule has 3 heteroatoms. The molecule has 1 N–H and O–H groups in total. The molecule has 0 aromatic rings. The zero-order valence-electron chi connectivity index (χ0n) is 10.5. The molecule has 0 heterocycles. The van der Waals surface area contributed by atoms with Crippen molar-refractivity contribution >= 4 is 5.78 Å². The van der Waals surface area contributed by atoms with Crippen LogP contribution >= 0.6 is 0 Å². The lowest BCUT2D eigenvalue weighted by Crippen LogP contribution is -2.38. The molecular formula is C13H21NO2. The van der Waals surface area contributed by atoms with Crippen LogP contribution in [-0.4, -0.2) is 18.4 Å². The molecule has 0 amide bonds. The Labute approximate surface area is 97.6 Å². The summed E-state index contributed by atoms with van der Waals surface area (Å²) in [5.41, 5.74) is 1.02. The van der Waals surface area contributed by atoms with Crippen molar-refractivity contribution in [3.05, 3.63) is 23.6 Å². The fourth-order valence-electron chi connectivity index (χ4n) is 1.73. The number of allylic oxidation sites excluding steroid dienone is 3. The second-order valence-electron chi connectivity index (χ2n) is 4.30. The summed E-state index contributed by atoms with van der Waals surface area (Å²) in [5.74, 6) is 1.58. The van der Waals surface area contributed by atoms with Crippen molar-refractivity contribution in [2.45, 2.75) is 40.2 Å². The fourth-order valence-corrected chi connectivity index (χ4v) is 1.73. The quantitative estimate of drug-likeness (QED) is 0.703. The minimum absolute atomic E-state index is 0.157. The molecule has 90 valence electrons. The average Bonchev–Trinajstić information content (AvgIpc) is 2.19. The molecule has 0 unspecified atom stereocenters. The molecule has 1 aliphatic rings. The van der Waals surface area contributed by atoms with E-state index in [1.807, 2.05) is 19.9 Å². The van der Waals surface area contributed by atoms with E-state index in [-0.39, 0.29) is 11.8 Å². The minimum Gasteiger partial charge on any atom is -0.496 e. The van der Waals surface area contributed by atoms with Gasteiger partial charge in [0.1, 0.15) is 5.76 Å². The number of nitrogens with one attached hydrogen (secondary N) is 1. The molecular weight excluding hydrogens is 202 g/mol. The van der Waals surface area contributed by atoms with Gasteiger partial charge in [-0.3, -0.25) is 4.79 Å². The Hall–Kier alpha value is -1.25. The van der Waals surface area contributed by atoms with E-state index >= 15 is 0 Å². The Balaban J connectivity index is 2.67. The van der Waals surface area contributed by atoms with Crippen molar-refractivity contribution in [1.82, 2.24) is 5.32 Å². The highest BCUT2D eigenvalue weighted by Crippen LogP contribution is 2.19. The van der Waals surface area contributed by atoms with E-state index in [1.165, 1.54) is 0 Å². The third-order valence-corrected chi connectivity index (χ3v) is 2.61. The van der Waals surface area contributed by atoms with Gasteiger partial charge in [0.15, 0.2) is 5.78 Å². The van der Waals surface area contributed by atoms with Crippen LogP contribution in [0.4, 0.5) is 0 Å². The largest absolute Gasteiger partial charge is 0.496 e. The molecule has 0 saturated carbocycles. The van der Waals surface area contributed by atoms with Gasteiger partial charge >= 0.3 is 0 Å². The zero-order chi connectivity index (χ0) is 12.1. The van der Waals surface area contributed by atoms with Gasteiger partial charge in [0.05, 0.1) is 19.1 Å². The summed E-state index contributed by atoms with van der Waals surface area (Å²) < 4.78 is 5.60. The zero-order valence-corrected chi connectivity index (χ0v) is 10.5. The first-order valence-electron chi connectivity index (χ1n) is 5.87. The normalized spacial score (nSPS) is 17.9. The lowest BCUT2D eigenvalue weighted by atomic mass is 9.98. The number of ether oxygens (including phenoxy) is 1. The van der Waals surface area contributed by atoms with Gasteiger partial charge in [-0.15, -0.1) is 0 Å². The summed E-state index contributed by atoms with van der Waals surface area (Å²) >= 11 is 0. The third kappa shape index (κ3) is 3.12. The molecule has 0 spiro atoms. The van der Waals surface area contributed by atoms with Crippen molar-refractivity contribution in [3.8, 4) is 0 Å². The molecule has 1 aliphatic carbocycles. The van der Waals surface area contributed by atoms with Crippen molar-refractivity contribution in [1.29, 1.82) is 0 Å². The average molecular weight is 223 g/mol. The van der Waals surface area contributed by atoms with Gasteiger partial charge in [0.2, 0.25) is 0 Å². The van der Waals surface area contributed by atoms with E-state index in [0.717, 1.165) is 11.5 Å². The summed E-state index contributed by atoms with van der Waals surface area (Å²) in [7, 11) is 0. The number of carbonyl (C=O) groups is 1. The summed E-state index contributed by atoms with van der Waals surface area (Å²) in [4.78, 5) is 10.9. The van der Waals surface area contributed by atoms with Gasteiger partial charge in [-0.2, -0.15) is 0 Å². The maximum Gasteiger partial charge on any atom is 0.163 e. The molecule has 0 aliphatic heterocycles. The smallest absolute Gasteiger partial charge is 0.163 e. The summed E-state index contributed by atoms with van der Waals surface area (Å²) in [6.45, 7) is 8.90. The number of hydrogen-bond acceptors (Lipinski definition) is 3. The molecule has 1 atom stereocenters. The van der Waals surface area contributed by atoms with E-state index in [1.54, 1.807) is 6.08 Å². The Morgan fingerprint density at radius 1 is 1.62 bits per heavy atom. The summed E-state index contributed by atoms with van der Waals surface area (Å²) in [5, 5.41) is 3.37. The predicted octanol–water partition coefficient (Wildman–Crippen LogP) is 2.40. The second-order valence-corrected chi connectivity index (χ2v) is 4.30. The second kappa shape index (κ2) is 5.73. The highest BCUT2D eigenvalue weighted by atomic mass is 16.5. The molecule has 0 aromatic heterocycles. The van der Waals surface area contributed by atoms with Gasteiger partial charge in [0.25, 0.3) is 0 Å². The molecule has 1 rings (SSSR count). The highest BCUT2D eigenvalue weighted by molar-refractivity contribution is 5.98. The summed E-state index contributed by atoms with van der Waals surface area (Å²) in [6, 6.07) is 0.157. The first-order chi connectivity index (χ1) is 7.58. The SMILES string of the molecule is C/C=C(\OCC)[C@H](NC1=CC(=O)C1)C(C)C. The van der Waals surface area contributed by atoms with Crippen molar-refractivity contribution in [3.63, 3.8) is 0 Å². The van der Waals surface area contributed by atoms with E-state index in [0.29, 0.717) is 18.9 Å². The number of ketones is 1. The molecule has 0 aromatic carbocycles. The van der Waals surface area contributed by atoms with Gasteiger partial charge in [-0.05, 0) is 25.8 Å². The van der Waals surface area contributed by atoms with Crippen LogP contribution in [0.2, 0.25) is 0 Å². The first-order valence-corrected chi connectivity index (χ1v) is 5.87. The Bertz CT molecular complexity index is 316. The molecule has 0 radical (unpaired) electrons. The van der Waals surface area contributed by atoms with Gasteiger partial charge in [-0.1, -0.05) is 13.8 Å². The van der Waals surface area contributed by atoms with Gasteiger partial charge in [-0.25, -0.2) is 0 Å². The first kappa shape index (κ1) is 12.8. The molecule has 0 fully saturated rings. The van der Waals surface area contributed by atoms with E-state index in [2.05, 4.69) is 19.2 Å². The van der Waals surface area contributed by atoms with Crippen LogP contribution in [0.1, 0.15) is 34.1 Å². The fraction of sp³-hybridized carbons (Fsp3) is 0.615. The number of rotatable bonds is 6. The van der Waals surface area contributed by atoms with Crippen LogP contribution in [0.5, 0.6) is 0 Å². The van der Waals surface area contributed by atoms with Crippen LogP contribution in [0.15, 0.2) is 23.6 Å². The van der Waals surface area contributed by atoms with Crippen LogP contribution in [0.3, 0.4) is 0 Å². The molecule has 0 saturated heterocycles. The van der Waals surface area contributed by atoms with Crippen molar-refractivity contribution in [2.75, 3.05) is 6.61 Å². The number of hydrogen-bond donors (Lipinski definition) is 1. The highest BCUT2D eigenvalue weighted by Gasteiger charge is 2.23. The predicted molar refractivity (Wildman–Crippen MR) is 64.9 cm³/mol. The Morgan fingerprint density at radius 3 is 2.62 bits per heavy atom. The number of carbonyl (C=O) groups excluding carboxylic acids is 1. The maximum absolute atomic E-state index is 10.9. The van der Waals surface area contributed by atoms with E-state index < -0.39 is 0 Å². The Kier molecular flexibility index (Phi) is 4.59. The summed E-state index contributed by atoms with van der Waals surface area (Å²) in [6.07, 6.45) is 4.18. The van der Waals surface area contributed by atoms with Crippen molar-refractivity contribution < 1.29 is 9.53 Å².